The number of nitrogens with one attached hydrogen (secondary N) is 1. The number of Topliss-reactive ketones (excluding diaryl/α,β-unsaturated/α-hetero) is 1. The first kappa shape index (κ1) is 10.8. The van der Waals surface area contributed by atoms with Crippen LogP contribution in [0.4, 0.5) is 5.69 Å². The summed E-state index contributed by atoms with van der Waals surface area (Å²) in [5, 5.41) is 5.65. The van der Waals surface area contributed by atoms with Crippen molar-refractivity contribution in [1.29, 1.82) is 0 Å². The summed E-state index contributed by atoms with van der Waals surface area (Å²) in [6, 6.07) is 9.59. The first-order chi connectivity index (χ1) is 8.25. The van der Waals surface area contributed by atoms with E-state index in [1.165, 1.54) is 16.9 Å². The normalized spacial score (nSPS) is 17.6. The van der Waals surface area contributed by atoms with Gasteiger partial charge in [-0.3, -0.25) is 4.79 Å². The third-order valence-corrected chi connectivity index (χ3v) is 4.28. The van der Waals surface area contributed by atoms with Gasteiger partial charge in [0, 0.05) is 12.1 Å². The molecule has 1 N–H and O–H groups in total. The maximum atomic E-state index is 12.3. The number of hydrogen-bond donors (Lipinski definition) is 1. The molecule has 2 heterocycles. The van der Waals surface area contributed by atoms with Crippen LogP contribution in [0.25, 0.3) is 0 Å². The monoisotopic (exact) mass is 263 g/mol. The second-order valence-electron chi connectivity index (χ2n) is 4.02. The fraction of sp³-hybridized carbons (Fsp3) is 0.154. The highest BCUT2D eigenvalue weighted by Gasteiger charge is 2.28. The predicted molar refractivity (Wildman–Crippen MR) is 71.2 cm³/mol. The van der Waals surface area contributed by atoms with E-state index in [9.17, 15) is 4.79 Å². The Balaban J connectivity index is 1.86. The van der Waals surface area contributed by atoms with Gasteiger partial charge in [-0.05, 0) is 23.1 Å². The van der Waals surface area contributed by atoms with Gasteiger partial charge in [-0.2, -0.15) is 0 Å². The minimum atomic E-state index is -0.177. The van der Waals surface area contributed by atoms with E-state index in [2.05, 4.69) is 5.32 Å². The molecule has 0 aliphatic carbocycles. The van der Waals surface area contributed by atoms with Crippen molar-refractivity contribution in [3.63, 3.8) is 0 Å². The largest absolute Gasteiger partial charge is 0.374 e. The molecule has 0 saturated heterocycles. The van der Waals surface area contributed by atoms with Crippen LogP contribution in [0.1, 0.15) is 15.2 Å². The van der Waals surface area contributed by atoms with Gasteiger partial charge in [0.05, 0.1) is 15.9 Å². The van der Waals surface area contributed by atoms with Gasteiger partial charge in [-0.15, -0.1) is 11.3 Å². The Morgan fingerprint density at radius 3 is 2.88 bits per heavy atom. The SMILES string of the molecule is O=C(c1sccc1Cl)C1Cc2ccccc2N1. The molecule has 17 heavy (non-hydrogen) atoms. The number of ketones is 1. The molecule has 0 radical (unpaired) electrons. The zero-order chi connectivity index (χ0) is 11.8. The van der Waals surface area contributed by atoms with Crippen molar-refractivity contribution < 1.29 is 4.79 Å². The molecule has 1 aliphatic rings. The van der Waals surface area contributed by atoms with Crippen LogP contribution >= 0.6 is 22.9 Å². The van der Waals surface area contributed by atoms with E-state index in [4.69, 9.17) is 11.6 Å². The molecule has 3 rings (SSSR count). The highest BCUT2D eigenvalue weighted by Crippen LogP contribution is 2.30. The topological polar surface area (TPSA) is 29.1 Å². The van der Waals surface area contributed by atoms with Crippen LogP contribution in [0.15, 0.2) is 35.7 Å². The Hall–Kier alpha value is -1.32. The van der Waals surface area contributed by atoms with Crippen molar-refractivity contribution in [2.75, 3.05) is 5.32 Å². The molecule has 4 heteroatoms. The number of rotatable bonds is 2. The third kappa shape index (κ3) is 1.85. The third-order valence-electron chi connectivity index (χ3n) is 2.93. The first-order valence-electron chi connectivity index (χ1n) is 5.37. The quantitative estimate of drug-likeness (QED) is 0.839. The summed E-state index contributed by atoms with van der Waals surface area (Å²) in [7, 11) is 0. The molecule has 2 nitrogen and oxygen atoms in total. The van der Waals surface area contributed by atoms with E-state index in [0.717, 1.165) is 12.1 Å². The van der Waals surface area contributed by atoms with Crippen LogP contribution < -0.4 is 5.32 Å². The summed E-state index contributed by atoms with van der Waals surface area (Å²) < 4.78 is 0. The van der Waals surface area contributed by atoms with E-state index in [1.54, 1.807) is 6.07 Å². The van der Waals surface area contributed by atoms with Gasteiger partial charge in [0.15, 0.2) is 5.78 Å². The van der Waals surface area contributed by atoms with E-state index >= 15 is 0 Å². The Morgan fingerprint density at radius 2 is 2.18 bits per heavy atom. The average molecular weight is 264 g/mol. The maximum Gasteiger partial charge on any atom is 0.196 e. The van der Waals surface area contributed by atoms with E-state index in [-0.39, 0.29) is 11.8 Å². The van der Waals surface area contributed by atoms with Gasteiger partial charge in [0.2, 0.25) is 0 Å². The van der Waals surface area contributed by atoms with Gasteiger partial charge < -0.3 is 5.32 Å². The number of thiophene rings is 1. The van der Waals surface area contributed by atoms with Crippen LogP contribution in [-0.4, -0.2) is 11.8 Å². The molecule has 1 unspecified atom stereocenters. The number of carbonyl (C=O) groups is 1. The minimum Gasteiger partial charge on any atom is -0.374 e. The van der Waals surface area contributed by atoms with Crippen LogP contribution in [0.2, 0.25) is 5.02 Å². The van der Waals surface area contributed by atoms with Crippen LogP contribution in [0.5, 0.6) is 0 Å². The molecule has 0 spiro atoms. The number of para-hydroxylation sites is 1. The summed E-state index contributed by atoms with van der Waals surface area (Å²) >= 11 is 7.39. The summed E-state index contributed by atoms with van der Waals surface area (Å²) in [6.07, 6.45) is 0.739. The van der Waals surface area contributed by atoms with Gasteiger partial charge in [-0.1, -0.05) is 29.8 Å². The number of carbonyl (C=O) groups excluding carboxylic acids is 1. The minimum absolute atomic E-state index is 0.0844. The molecular weight excluding hydrogens is 254 g/mol. The molecule has 1 aliphatic heterocycles. The Kier molecular flexibility index (Phi) is 2.65. The number of fused-ring (bicyclic) bond motifs is 1. The van der Waals surface area contributed by atoms with Crippen molar-refractivity contribution in [3.05, 3.63) is 51.2 Å². The molecule has 0 saturated carbocycles. The zero-order valence-corrected chi connectivity index (χ0v) is 10.5. The summed E-state index contributed by atoms with van der Waals surface area (Å²) in [5.41, 5.74) is 2.25. The molecular formula is C13H10ClNOS. The van der Waals surface area contributed by atoms with E-state index in [1.807, 2.05) is 29.6 Å². The molecule has 1 aromatic carbocycles. The second-order valence-corrected chi connectivity index (χ2v) is 5.34. The Bertz CT molecular complexity index is 553. The van der Waals surface area contributed by atoms with Gasteiger partial charge in [0.25, 0.3) is 0 Å². The lowest BCUT2D eigenvalue weighted by atomic mass is 10.1. The molecule has 0 fully saturated rings. The summed E-state index contributed by atoms with van der Waals surface area (Å²) in [4.78, 5) is 12.9. The number of hydrogen-bond acceptors (Lipinski definition) is 3. The van der Waals surface area contributed by atoms with E-state index in [0.29, 0.717) is 9.90 Å². The maximum absolute atomic E-state index is 12.3. The highest BCUT2D eigenvalue weighted by molar-refractivity contribution is 7.12. The lowest BCUT2D eigenvalue weighted by molar-refractivity contribution is 0.0976. The van der Waals surface area contributed by atoms with Crippen molar-refractivity contribution in [2.45, 2.75) is 12.5 Å². The van der Waals surface area contributed by atoms with E-state index < -0.39 is 0 Å². The standard InChI is InChI=1S/C13H10ClNOS/c14-9-5-6-17-13(9)12(16)11-7-8-3-1-2-4-10(8)15-11/h1-6,11,15H,7H2. The lowest BCUT2D eigenvalue weighted by Crippen LogP contribution is -2.26. The Labute approximate surface area is 108 Å². The second kappa shape index (κ2) is 4.17. The molecule has 0 amide bonds. The van der Waals surface area contributed by atoms with Crippen molar-refractivity contribution in [1.82, 2.24) is 0 Å². The van der Waals surface area contributed by atoms with Gasteiger partial charge in [-0.25, -0.2) is 0 Å². The zero-order valence-electron chi connectivity index (χ0n) is 8.94. The number of benzene rings is 1. The molecule has 0 bridgehead atoms. The van der Waals surface area contributed by atoms with Crippen LogP contribution in [0, 0.1) is 0 Å². The highest BCUT2D eigenvalue weighted by atomic mass is 35.5. The first-order valence-corrected chi connectivity index (χ1v) is 6.63. The molecule has 1 aromatic heterocycles. The average Bonchev–Trinajstić information content (AvgIpc) is 2.93. The molecule has 86 valence electrons. The van der Waals surface area contributed by atoms with Gasteiger partial charge in [0.1, 0.15) is 0 Å². The molecule has 1 atom stereocenters. The fourth-order valence-corrected chi connectivity index (χ4v) is 3.23. The van der Waals surface area contributed by atoms with Crippen LogP contribution in [-0.2, 0) is 6.42 Å². The van der Waals surface area contributed by atoms with Crippen LogP contribution in [0.3, 0.4) is 0 Å². The number of anilines is 1. The van der Waals surface area contributed by atoms with Crippen molar-refractivity contribution >= 4 is 34.4 Å². The smallest absolute Gasteiger partial charge is 0.196 e. The van der Waals surface area contributed by atoms with Gasteiger partial charge >= 0.3 is 0 Å². The Morgan fingerprint density at radius 1 is 1.35 bits per heavy atom. The summed E-state index contributed by atoms with van der Waals surface area (Å²) in [5.74, 6) is 0.0844. The predicted octanol–water partition coefficient (Wildman–Crippen LogP) is 3.62. The fourth-order valence-electron chi connectivity index (χ4n) is 2.08. The van der Waals surface area contributed by atoms with Crippen molar-refractivity contribution in [3.8, 4) is 0 Å². The van der Waals surface area contributed by atoms with Crippen molar-refractivity contribution in [2.24, 2.45) is 0 Å². The summed E-state index contributed by atoms with van der Waals surface area (Å²) in [6.45, 7) is 0. The number of halogens is 1. The molecule has 2 aromatic rings. The lowest BCUT2D eigenvalue weighted by Gasteiger charge is -2.08.